The van der Waals surface area contributed by atoms with Crippen LogP contribution in [0.15, 0.2) is 6.07 Å². The molecule has 2 heterocycles. The van der Waals surface area contributed by atoms with Gasteiger partial charge in [0, 0.05) is 24.6 Å². The topological polar surface area (TPSA) is 60.7 Å². The molecular formula is C14H17ClN4O. The number of Topliss-reactive ketones (excluding diaryl/α,β-unsaturated/α-hetero) is 1. The van der Waals surface area contributed by atoms with Crippen LogP contribution in [0.5, 0.6) is 0 Å². The SMILES string of the molecule is CCc1nnc(C)cc1C(=O)Cc1c(C)nn(C)c1Cl. The minimum Gasteiger partial charge on any atom is -0.294 e. The lowest BCUT2D eigenvalue weighted by Gasteiger charge is -2.06. The zero-order valence-electron chi connectivity index (χ0n) is 12.1. The van der Waals surface area contributed by atoms with Gasteiger partial charge in [0.1, 0.15) is 5.15 Å². The average Bonchev–Trinajstić information content (AvgIpc) is 2.65. The molecule has 2 rings (SSSR count). The van der Waals surface area contributed by atoms with Crippen molar-refractivity contribution in [1.29, 1.82) is 0 Å². The van der Waals surface area contributed by atoms with Gasteiger partial charge in [0.15, 0.2) is 5.78 Å². The fraction of sp³-hybridized carbons (Fsp3) is 0.429. The Bertz CT molecular complexity index is 663. The van der Waals surface area contributed by atoms with Crippen LogP contribution in [-0.4, -0.2) is 25.8 Å². The Kier molecular flexibility index (Phi) is 4.18. The van der Waals surface area contributed by atoms with E-state index in [0.29, 0.717) is 17.1 Å². The van der Waals surface area contributed by atoms with Crippen LogP contribution in [0, 0.1) is 13.8 Å². The van der Waals surface area contributed by atoms with E-state index in [1.54, 1.807) is 17.8 Å². The van der Waals surface area contributed by atoms with Gasteiger partial charge in [-0.05, 0) is 26.3 Å². The van der Waals surface area contributed by atoms with Crippen LogP contribution in [-0.2, 0) is 19.9 Å². The molecule has 0 unspecified atom stereocenters. The maximum Gasteiger partial charge on any atom is 0.169 e. The summed E-state index contributed by atoms with van der Waals surface area (Å²) in [6, 6.07) is 1.79. The molecule has 5 nitrogen and oxygen atoms in total. The predicted octanol–water partition coefficient (Wildman–Crippen LogP) is 2.47. The molecule has 0 amide bonds. The van der Waals surface area contributed by atoms with Crippen molar-refractivity contribution in [2.45, 2.75) is 33.6 Å². The van der Waals surface area contributed by atoms with Crippen molar-refractivity contribution < 1.29 is 4.79 Å². The molecule has 0 aliphatic rings. The molecule has 0 atom stereocenters. The highest BCUT2D eigenvalue weighted by molar-refractivity contribution is 6.30. The summed E-state index contributed by atoms with van der Waals surface area (Å²) in [5.74, 6) is -0.00199. The monoisotopic (exact) mass is 292 g/mol. The third-order valence-corrected chi connectivity index (χ3v) is 3.71. The zero-order valence-corrected chi connectivity index (χ0v) is 12.8. The molecule has 0 saturated carbocycles. The van der Waals surface area contributed by atoms with Crippen LogP contribution in [0.25, 0.3) is 0 Å². The van der Waals surface area contributed by atoms with Gasteiger partial charge in [-0.25, -0.2) is 0 Å². The lowest BCUT2D eigenvalue weighted by atomic mass is 10.0. The normalized spacial score (nSPS) is 10.8. The van der Waals surface area contributed by atoms with Gasteiger partial charge >= 0.3 is 0 Å². The molecule has 2 aromatic rings. The lowest BCUT2D eigenvalue weighted by molar-refractivity contribution is 0.0991. The number of nitrogens with zero attached hydrogens (tertiary/aromatic N) is 4. The zero-order chi connectivity index (χ0) is 14.9. The van der Waals surface area contributed by atoms with Gasteiger partial charge in [-0.1, -0.05) is 18.5 Å². The molecule has 0 radical (unpaired) electrons. The van der Waals surface area contributed by atoms with E-state index < -0.39 is 0 Å². The highest BCUT2D eigenvalue weighted by Gasteiger charge is 2.19. The van der Waals surface area contributed by atoms with E-state index in [9.17, 15) is 4.79 Å². The summed E-state index contributed by atoms with van der Waals surface area (Å²) in [4.78, 5) is 12.5. The fourth-order valence-corrected chi connectivity index (χ4v) is 2.39. The van der Waals surface area contributed by atoms with E-state index >= 15 is 0 Å². The van der Waals surface area contributed by atoms with Crippen LogP contribution < -0.4 is 0 Å². The van der Waals surface area contributed by atoms with E-state index in [4.69, 9.17) is 11.6 Å². The smallest absolute Gasteiger partial charge is 0.169 e. The Labute approximate surface area is 123 Å². The Balaban J connectivity index is 2.35. The summed E-state index contributed by atoms with van der Waals surface area (Å²) in [7, 11) is 1.76. The highest BCUT2D eigenvalue weighted by Crippen LogP contribution is 2.21. The number of ketones is 1. The third kappa shape index (κ3) is 2.72. The van der Waals surface area contributed by atoms with Crippen molar-refractivity contribution in [3.05, 3.63) is 39.4 Å². The first kappa shape index (κ1) is 14.7. The Morgan fingerprint density at radius 3 is 2.60 bits per heavy atom. The predicted molar refractivity (Wildman–Crippen MR) is 77.1 cm³/mol. The first-order chi connectivity index (χ1) is 9.43. The number of aryl methyl sites for hydroxylation is 4. The molecular weight excluding hydrogens is 276 g/mol. The van der Waals surface area contributed by atoms with Crippen LogP contribution >= 0.6 is 11.6 Å². The number of rotatable bonds is 4. The molecule has 2 aromatic heterocycles. The Hall–Kier alpha value is -1.75. The van der Waals surface area contributed by atoms with Crippen molar-refractivity contribution in [3.63, 3.8) is 0 Å². The van der Waals surface area contributed by atoms with Gasteiger partial charge in [-0.3, -0.25) is 9.48 Å². The van der Waals surface area contributed by atoms with Gasteiger partial charge in [0.05, 0.1) is 17.1 Å². The van der Waals surface area contributed by atoms with Crippen molar-refractivity contribution in [2.75, 3.05) is 0 Å². The van der Waals surface area contributed by atoms with Crippen molar-refractivity contribution in [3.8, 4) is 0 Å². The fourth-order valence-electron chi connectivity index (χ4n) is 2.15. The minimum absolute atomic E-state index is 0.00199. The van der Waals surface area contributed by atoms with E-state index in [0.717, 1.165) is 22.6 Å². The summed E-state index contributed by atoms with van der Waals surface area (Å²) in [6.45, 7) is 5.63. The number of hydrogen-bond donors (Lipinski definition) is 0. The van der Waals surface area contributed by atoms with Crippen LogP contribution in [0.1, 0.15) is 39.9 Å². The summed E-state index contributed by atoms with van der Waals surface area (Å²) in [5.41, 5.74) is 3.63. The molecule has 20 heavy (non-hydrogen) atoms. The summed E-state index contributed by atoms with van der Waals surface area (Å²) in [5, 5.41) is 12.8. The standard InChI is InChI=1S/C14H17ClN4O/c1-5-12-11(6-8(2)16-17-12)13(20)7-10-9(3)18-19(4)14(10)15/h6H,5,7H2,1-4H3. The molecule has 0 aliphatic carbocycles. The molecule has 0 N–H and O–H groups in total. The largest absolute Gasteiger partial charge is 0.294 e. The number of carbonyl (C=O) groups excluding carboxylic acids is 1. The van der Waals surface area contributed by atoms with Gasteiger partial charge in [0.25, 0.3) is 0 Å². The molecule has 0 fully saturated rings. The second kappa shape index (κ2) is 5.71. The second-order valence-electron chi connectivity index (χ2n) is 4.78. The Morgan fingerprint density at radius 2 is 2.05 bits per heavy atom. The van der Waals surface area contributed by atoms with E-state index in [-0.39, 0.29) is 12.2 Å². The maximum absolute atomic E-state index is 12.5. The lowest BCUT2D eigenvalue weighted by Crippen LogP contribution is -2.11. The van der Waals surface area contributed by atoms with E-state index in [1.807, 2.05) is 20.8 Å². The van der Waals surface area contributed by atoms with Gasteiger partial charge < -0.3 is 0 Å². The summed E-state index contributed by atoms with van der Waals surface area (Å²) < 4.78 is 1.58. The summed E-state index contributed by atoms with van der Waals surface area (Å²) >= 11 is 6.17. The van der Waals surface area contributed by atoms with Gasteiger partial charge in [0.2, 0.25) is 0 Å². The third-order valence-electron chi connectivity index (χ3n) is 3.24. The molecule has 0 bridgehead atoms. The second-order valence-corrected chi connectivity index (χ2v) is 5.14. The molecule has 6 heteroatoms. The van der Waals surface area contributed by atoms with Crippen LogP contribution in [0.4, 0.5) is 0 Å². The molecule has 0 spiro atoms. The molecule has 0 aromatic carbocycles. The maximum atomic E-state index is 12.5. The van der Waals surface area contributed by atoms with Gasteiger partial charge in [-0.2, -0.15) is 15.3 Å². The van der Waals surface area contributed by atoms with E-state index in [1.165, 1.54) is 0 Å². The number of carbonyl (C=O) groups is 1. The first-order valence-corrected chi connectivity index (χ1v) is 6.86. The number of hydrogen-bond acceptors (Lipinski definition) is 4. The highest BCUT2D eigenvalue weighted by atomic mass is 35.5. The molecule has 106 valence electrons. The van der Waals surface area contributed by atoms with Crippen molar-refractivity contribution in [1.82, 2.24) is 20.0 Å². The van der Waals surface area contributed by atoms with E-state index in [2.05, 4.69) is 15.3 Å². The van der Waals surface area contributed by atoms with Crippen LogP contribution in [0.2, 0.25) is 5.15 Å². The average molecular weight is 293 g/mol. The number of aromatic nitrogens is 4. The Morgan fingerprint density at radius 1 is 1.35 bits per heavy atom. The number of halogens is 1. The van der Waals surface area contributed by atoms with Gasteiger partial charge in [-0.15, -0.1) is 0 Å². The van der Waals surface area contributed by atoms with Crippen molar-refractivity contribution in [2.24, 2.45) is 7.05 Å². The van der Waals surface area contributed by atoms with Crippen LogP contribution in [0.3, 0.4) is 0 Å². The summed E-state index contributed by atoms with van der Waals surface area (Å²) in [6.07, 6.45) is 0.907. The molecule has 0 aliphatic heterocycles. The van der Waals surface area contributed by atoms with Crippen molar-refractivity contribution >= 4 is 17.4 Å². The first-order valence-electron chi connectivity index (χ1n) is 6.48. The minimum atomic E-state index is -0.00199. The quantitative estimate of drug-likeness (QED) is 0.812. The molecule has 0 saturated heterocycles.